The molecule has 5 aromatic rings. The van der Waals surface area contributed by atoms with Crippen LogP contribution in [0.5, 0.6) is 0 Å². The lowest BCUT2D eigenvalue weighted by Crippen LogP contribution is -2.00. The zero-order chi connectivity index (χ0) is 21.2. The summed E-state index contributed by atoms with van der Waals surface area (Å²) in [5, 5.41) is 0. The van der Waals surface area contributed by atoms with Crippen molar-refractivity contribution < 1.29 is 0 Å². The van der Waals surface area contributed by atoms with Crippen molar-refractivity contribution >= 4 is 33.4 Å². The molecule has 5 rings (SSSR count). The monoisotopic (exact) mass is 428 g/mol. The molecule has 0 aliphatic heterocycles. The summed E-state index contributed by atoms with van der Waals surface area (Å²) in [5.41, 5.74) is 4.57. The van der Waals surface area contributed by atoms with Gasteiger partial charge in [0, 0.05) is 13.1 Å². The van der Waals surface area contributed by atoms with Crippen LogP contribution in [0.15, 0.2) is 60.7 Å². The molecule has 0 aliphatic rings. The minimum absolute atomic E-state index is 0.995. The minimum atomic E-state index is 0.995. The summed E-state index contributed by atoms with van der Waals surface area (Å²) in [7, 11) is 0. The zero-order valence-electron chi connectivity index (χ0n) is 18.2. The largest absolute Gasteiger partial charge is 0.323 e. The molecule has 31 heavy (non-hydrogen) atoms. The number of hydrogen-bond acceptors (Lipinski definition) is 3. The smallest absolute Gasteiger partial charge is 0.151 e. The second-order valence-electron chi connectivity index (χ2n) is 8.02. The Labute approximate surface area is 187 Å². The maximum absolute atomic E-state index is 5.00. The number of para-hydroxylation sites is 4. The van der Waals surface area contributed by atoms with Gasteiger partial charge < -0.3 is 9.13 Å². The third-order valence-electron chi connectivity index (χ3n) is 5.83. The third-order valence-corrected chi connectivity index (χ3v) is 6.90. The van der Waals surface area contributed by atoms with Crippen LogP contribution in [0.25, 0.3) is 43.5 Å². The van der Waals surface area contributed by atoms with Crippen LogP contribution in [-0.4, -0.2) is 19.1 Å². The van der Waals surface area contributed by atoms with Gasteiger partial charge in [-0.2, -0.15) is 0 Å². The van der Waals surface area contributed by atoms with Gasteiger partial charge in [0.1, 0.15) is 0 Å². The van der Waals surface area contributed by atoms with E-state index in [1.807, 2.05) is 0 Å². The van der Waals surface area contributed by atoms with Crippen LogP contribution in [0.4, 0.5) is 0 Å². The predicted molar refractivity (Wildman–Crippen MR) is 132 cm³/mol. The van der Waals surface area contributed by atoms with Gasteiger partial charge in [-0.25, -0.2) is 9.97 Å². The van der Waals surface area contributed by atoms with Crippen molar-refractivity contribution in [3.63, 3.8) is 0 Å². The molecular weight excluding hydrogens is 400 g/mol. The van der Waals surface area contributed by atoms with Crippen LogP contribution in [-0.2, 0) is 13.1 Å². The molecule has 0 N–H and O–H groups in total. The van der Waals surface area contributed by atoms with Crippen LogP contribution >= 0.6 is 11.3 Å². The van der Waals surface area contributed by atoms with E-state index in [1.165, 1.54) is 33.6 Å². The zero-order valence-corrected chi connectivity index (χ0v) is 19.0. The quantitative estimate of drug-likeness (QED) is 0.258. The number of benzene rings is 2. The Hall–Kier alpha value is -2.92. The van der Waals surface area contributed by atoms with E-state index in [1.54, 1.807) is 11.3 Å². The number of nitrogens with zero attached hydrogens (tertiary/aromatic N) is 4. The Morgan fingerprint density at radius 2 is 1.10 bits per heavy atom. The molecule has 0 saturated carbocycles. The van der Waals surface area contributed by atoms with Gasteiger partial charge in [-0.05, 0) is 49.2 Å². The van der Waals surface area contributed by atoms with E-state index in [9.17, 15) is 0 Å². The van der Waals surface area contributed by atoms with Crippen molar-refractivity contribution in [2.24, 2.45) is 0 Å². The number of hydrogen-bond donors (Lipinski definition) is 0. The van der Waals surface area contributed by atoms with E-state index in [0.29, 0.717) is 0 Å². The van der Waals surface area contributed by atoms with E-state index in [-0.39, 0.29) is 0 Å². The Morgan fingerprint density at radius 1 is 0.645 bits per heavy atom. The van der Waals surface area contributed by atoms with Gasteiger partial charge in [0.2, 0.25) is 0 Å². The Morgan fingerprint density at radius 3 is 1.55 bits per heavy atom. The Kier molecular flexibility index (Phi) is 5.60. The van der Waals surface area contributed by atoms with Crippen LogP contribution < -0.4 is 0 Å². The Bertz CT molecular complexity index is 1220. The molecule has 158 valence electrons. The van der Waals surface area contributed by atoms with Crippen LogP contribution in [0, 0.1) is 0 Å². The summed E-state index contributed by atoms with van der Waals surface area (Å²) in [5.74, 6) is 2.14. The van der Waals surface area contributed by atoms with E-state index < -0.39 is 0 Å². The van der Waals surface area contributed by atoms with Crippen molar-refractivity contribution in [3.05, 3.63) is 60.7 Å². The van der Waals surface area contributed by atoms with Crippen LogP contribution in [0.3, 0.4) is 0 Å². The summed E-state index contributed by atoms with van der Waals surface area (Å²) < 4.78 is 4.77. The summed E-state index contributed by atoms with van der Waals surface area (Å²) in [6.07, 6.45) is 4.64. The number of fused-ring (bicyclic) bond motifs is 2. The number of rotatable bonds is 8. The third kappa shape index (κ3) is 3.68. The maximum Gasteiger partial charge on any atom is 0.151 e. The number of thiophene rings is 1. The first-order chi connectivity index (χ1) is 15.3. The number of aryl methyl sites for hydroxylation is 2. The summed E-state index contributed by atoms with van der Waals surface area (Å²) in [6, 6.07) is 21.4. The SMILES string of the molecule is CCCCn1c(-c2ccc(-c3nc4ccccc4n3CCCC)s2)nc2ccccc21. The van der Waals surface area contributed by atoms with Gasteiger partial charge in [-0.3, -0.25) is 0 Å². The molecule has 2 aromatic carbocycles. The molecule has 0 saturated heterocycles. The van der Waals surface area contributed by atoms with Crippen molar-refractivity contribution in [1.82, 2.24) is 19.1 Å². The highest BCUT2D eigenvalue weighted by Crippen LogP contribution is 2.36. The first-order valence-electron chi connectivity index (χ1n) is 11.3. The predicted octanol–water partition coefficient (Wildman–Crippen LogP) is 7.38. The lowest BCUT2D eigenvalue weighted by atomic mass is 10.3. The molecular formula is C26H28N4S. The fraction of sp³-hybridized carbons (Fsp3) is 0.308. The molecule has 3 aromatic heterocycles. The van der Waals surface area contributed by atoms with Gasteiger partial charge in [0.25, 0.3) is 0 Å². The highest BCUT2D eigenvalue weighted by Gasteiger charge is 2.18. The topological polar surface area (TPSA) is 35.6 Å². The van der Waals surface area contributed by atoms with Gasteiger partial charge >= 0.3 is 0 Å². The molecule has 5 heteroatoms. The minimum Gasteiger partial charge on any atom is -0.323 e. The summed E-state index contributed by atoms with van der Waals surface area (Å²) >= 11 is 1.80. The second-order valence-corrected chi connectivity index (χ2v) is 9.11. The van der Waals surface area contributed by atoms with E-state index in [2.05, 4.69) is 83.6 Å². The molecule has 0 fully saturated rings. The fourth-order valence-corrected chi connectivity index (χ4v) is 5.19. The molecule has 0 bridgehead atoms. The number of imidazole rings is 2. The molecule has 0 amide bonds. The highest BCUT2D eigenvalue weighted by atomic mass is 32.1. The van der Waals surface area contributed by atoms with E-state index >= 15 is 0 Å². The van der Waals surface area contributed by atoms with Gasteiger partial charge in [0.05, 0.1) is 31.8 Å². The lowest BCUT2D eigenvalue weighted by Gasteiger charge is -2.08. The maximum atomic E-state index is 5.00. The van der Waals surface area contributed by atoms with Crippen molar-refractivity contribution in [3.8, 4) is 21.4 Å². The molecule has 0 atom stereocenters. The summed E-state index contributed by atoms with van der Waals surface area (Å²) in [4.78, 5) is 12.4. The average molecular weight is 429 g/mol. The molecule has 0 unspecified atom stereocenters. The molecule has 0 aliphatic carbocycles. The van der Waals surface area contributed by atoms with Crippen molar-refractivity contribution in [2.75, 3.05) is 0 Å². The molecule has 4 nitrogen and oxygen atoms in total. The highest BCUT2D eigenvalue weighted by molar-refractivity contribution is 7.18. The van der Waals surface area contributed by atoms with Gasteiger partial charge in [0.15, 0.2) is 11.6 Å². The van der Waals surface area contributed by atoms with Gasteiger partial charge in [-0.15, -0.1) is 11.3 Å². The van der Waals surface area contributed by atoms with E-state index in [4.69, 9.17) is 9.97 Å². The second kappa shape index (κ2) is 8.67. The van der Waals surface area contributed by atoms with Crippen LogP contribution in [0.2, 0.25) is 0 Å². The average Bonchev–Trinajstić information content (AvgIpc) is 3.51. The van der Waals surface area contributed by atoms with Crippen molar-refractivity contribution in [2.45, 2.75) is 52.6 Å². The van der Waals surface area contributed by atoms with E-state index in [0.717, 1.165) is 48.6 Å². The lowest BCUT2D eigenvalue weighted by molar-refractivity contribution is 0.651. The summed E-state index contributed by atoms with van der Waals surface area (Å²) in [6.45, 7) is 6.47. The molecule has 3 heterocycles. The van der Waals surface area contributed by atoms with Crippen molar-refractivity contribution in [1.29, 1.82) is 0 Å². The normalized spacial score (nSPS) is 11.7. The molecule has 0 radical (unpaired) electrons. The van der Waals surface area contributed by atoms with Crippen LogP contribution in [0.1, 0.15) is 39.5 Å². The van der Waals surface area contributed by atoms with Gasteiger partial charge in [-0.1, -0.05) is 51.0 Å². The first kappa shape index (κ1) is 20.0. The number of aromatic nitrogens is 4. The molecule has 0 spiro atoms. The Balaban J connectivity index is 1.60. The standard InChI is InChI=1S/C26H28N4S/c1-3-5-17-29-21-13-9-7-11-19(21)27-25(29)23-15-16-24(31-23)26-28-20-12-8-10-14-22(20)30(26)18-6-4-2/h7-16H,3-6,17-18H2,1-2H3. The fourth-order valence-electron chi connectivity index (χ4n) is 4.19. The first-order valence-corrected chi connectivity index (χ1v) is 12.1. The number of unbranched alkanes of at least 4 members (excludes halogenated alkanes) is 2.